The fourth-order valence-corrected chi connectivity index (χ4v) is 2.31. The van der Waals surface area contributed by atoms with E-state index in [1.54, 1.807) is 24.3 Å². The number of likely N-dealkylation sites (N-methyl/N-ethyl adjacent to an activating group) is 1. The molecule has 0 radical (unpaired) electrons. The summed E-state index contributed by atoms with van der Waals surface area (Å²) >= 11 is 0. The van der Waals surface area contributed by atoms with Crippen LogP contribution in [0.3, 0.4) is 0 Å². The Kier molecular flexibility index (Phi) is 5.98. The predicted molar refractivity (Wildman–Crippen MR) is 87.8 cm³/mol. The quantitative estimate of drug-likeness (QED) is 0.790. The van der Waals surface area contributed by atoms with Gasteiger partial charge in [0.05, 0.1) is 5.56 Å². The van der Waals surface area contributed by atoms with Gasteiger partial charge in [0.25, 0.3) is 5.91 Å². The fourth-order valence-electron chi connectivity index (χ4n) is 2.31. The van der Waals surface area contributed by atoms with Gasteiger partial charge in [0.1, 0.15) is 0 Å². The van der Waals surface area contributed by atoms with E-state index in [2.05, 4.69) is 10.6 Å². The van der Waals surface area contributed by atoms with Crippen LogP contribution in [0, 0.1) is 0 Å². The number of nitrogens with one attached hydrogen (secondary N) is 2. The molecular formula is C18H19F3N2O. The first-order chi connectivity index (χ1) is 11.4. The van der Waals surface area contributed by atoms with Crippen molar-refractivity contribution in [2.24, 2.45) is 0 Å². The molecule has 0 fully saturated rings. The second kappa shape index (κ2) is 7.97. The number of carbonyl (C=O) groups is 1. The van der Waals surface area contributed by atoms with Crippen LogP contribution in [0.4, 0.5) is 13.2 Å². The molecule has 1 amide bonds. The summed E-state index contributed by atoms with van der Waals surface area (Å²) in [7, 11) is 0. The van der Waals surface area contributed by atoms with Crippen molar-refractivity contribution in [3.63, 3.8) is 0 Å². The van der Waals surface area contributed by atoms with Gasteiger partial charge in [0.2, 0.25) is 0 Å². The summed E-state index contributed by atoms with van der Waals surface area (Å²) in [5, 5.41) is 5.90. The Balaban J connectivity index is 2.21. The lowest BCUT2D eigenvalue weighted by Crippen LogP contribution is -2.31. The van der Waals surface area contributed by atoms with Crippen LogP contribution in [0.2, 0.25) is 0 Å². The van der Waals surface area contributed by atoms with Crippen molar-refractivity contribution < 1.29 is 18.0 Å². The van der Waals surface area contributed by atoms with Gasteiger partial charge in [-0.2, -0.15) is 13.2 Å². The van der Waals surface area contributed by atoms with Gasteiger partial charge in [0.15, 0.2) is 0 Å². The molecule has 6 heteroatoms. The third-order valence-electron chi connectivity index (χ3n) is 3.53. The normalized spacial score (nSPS) is 11.3. The summed E-state index contributed by atoms with van der Waals surface area (Å²) in [4.78, 5) is 12.3. The molecular weight excluding hydrogens is 317 g/mol. The largest absolute Gasteiger partial charge is 0.416 e. The molecule has 0 heterocycles. The molecule has 0 saturated carbocycles. The van der Waals surface area contributed by atoms with E-state index in [1.807, 2.05) is 6.92 Å². The van der Waals surface area contributed by atoms with Gasteiger partial charge in [-0.15, -0.1) is 0 Å². The van der Waals surface area contributed by atoms with E-state index in [-0.39, 0.29) is 5.91 Å². The van der Waals surface area contributed by atoms with Crippen LogP contribution >= 0.6 is 0 Å². The molecule has 0 atom stereocenters. The van der Waals surface area contributed by atoms with Crippen molar-refractivity contribution in [1.82, 2.24) is 10.6 Å². The van der Waals surface area contributed by atoms with Crippen molar-refractivity contribution in [2.75, 3.05) is 19.6 Å². The van der Waals surface area contributed by atoms with Crippen LogP contribution < -0.4 is 10.6 Å². The minimum atomic E-state index is -4.37. The number of rotatable bonds is 6. The van der Waals surface area contributed by atoms with Crippen LogP contribution in [0.25, 0.3) is 11.1 Å². The highest BCUT2D eigenvalue weighted by Gasteiger charge is 2.30. The third-order valence-corrected chi connectivity index (χ3v) is 3.53. The average Bonchev–Trinajstić information content (AvgIpc) is 2.58. The van der Waals surface area contributed by atoms with Gasteiger partial charge in [0, 0.05) is 18.7 Å². The Morgan fingerprint density at radius 3 is 2.29 bits per heavy atom. The van der Waals surface area contributed by atoms with E-state index in [0.29, 0.717) is 29.8 Å². The molecule has 3 nitrogen and oxygen atoms in total. The van der Waals surface area contributed by atoms with Crippen molar-refractivity contribution in [1.29, 1.82) is 0 Å². The Morgan fingerprint density at radius 2 is 1.67 bits per heavy atom. The highest BCUT2D eigenvalue weighted by Crippen LogP contribution is 2.31. The minimum absolute atomic E-state index is 0.247. The number of hydrogen-bond acceptors (Lipinski definition) is 2. The number of halogens is 3. The lowest BCUT2D eigenvalue weighted by Gasteiger charge is -2.12. The van der Waals surface area contributed by atoms with Gasteiger partial charge in [-0.1, -0.05) is 37.3 Å². The smallest absolute Gasteiger partial charge is 0.351 e. The zero-order chi connectivity index (χ0) is 17.6. The summed E-state index contributed by atoms with van der Waals surface area (Å²) in [6, 6.07) is 11.7. The zero-order valence-corrected chi connectivity index (χ0v) is 13.3. The molecule has 2 N–H and O–H groups in total. The fraction of sp³-hybridized carbons (Fsp3) is 0.278. The number of alkyl halides is 3. The molecule has 0 aliphatic heterocycles. The van der Waals surface area contributed by atoms with Crippen LogP contribution in [0.1, 0.15) is 22.8 Å². The molecule has 0 spiro atoms. The molecule has 0 aliphatic rings. The molecule has 2 rings (SSSR count). The highest BCUT2D eigenvalue weighted by molar-refractivity contribution is 6.00. The Morgan fingerprint density at radius 1 is 1.00 bits per heavy atom. The molecule has 2 aromatic carbocycles. The van der Waals surface area contributed by atoms with E-state index in [1.165, 1.54) is 12.1 Å². The predicted octanol–water partition coefficient (Wildman–Crippen LogP) is 3.71. The van der Waals surface area contributed by atoms with Crippen molar-refractivity contribution in [2.45, 2.75) is 13.1 Å². The summed E-state index contributed by atoms with van der Waals surface area (Å²) in [6.45, 7) is 3.93. The first kappa shape index (κ1) is 18.0. The van der Waals surface area contributed by atoms with Crippen molar-refractivity contribution in [3.05, 3.63) is 59.7 Å². The number of hydrogen-bond donors (Lipinski definition) is 2. The maximum absolute atomic E-state index is 12.7. The van der Waals surface area contributed by atoms with Crippen LogP contribution in [0.5, 0.6) is 0 Å². The van der Waals surface area contributed by atoms with E-state index in [9.17, 15) is 18.0 Å². The van der Waals surface area contributed by atoms with Gasteiger partial charge in [-0.3, -0.25) is 4.79 Å². The number of benzene rings is 2. The number of amides is 1. The molecule has 0 aliphatic carbocycles. The molecule has 0 saturated heterocycles. The van der Waals surface area contributed by atoms with E-state index in [0.717, 1.165) is 18.7 Å². The summed E-state index contributed by atoms with van der Waals surface area (Å²) in [5.74, 6) is -0.247. The summed E-state index contributed by atoms with van der Waals surface area (Å²) in [5.41, 5.74) is 0.903. The standard InChI is InChI=1S/C18H19F3N2O/c1-2-22-11-12-23-17(24)16-6-4-3-5-15(16)13-7-9-14(10-8-13)18(19,20)21/h3-10,22H,2,11-12H2,1H3,(H,23,24). The van der Waals surface area contributed by atoms with Crippen LogP contribution in [-0.2, 0) is 6.18 Å². The van der Waals surface area contributed by atoms with E-state index >= 15 is 0 Å². The molecule has 0 unspecified atom stereocenters. The second-order valence-corrected chi connectivity index (χ2v) is 5.23. The first-order valence-corrected chi connectivity index (χ1v) is 7.69. The maximum Gasteiger partial charge on any atom is 0.416 e. The molecule has 2 aromatic rings. The Bertz CT molecular complexity index is 681. The molecule has 0 aromatic heterocycles. The Labute approximate surface area is 138 Å². The third kappa shape index (κ3) is 4.58. The minimum Gasteiger partial charge on any atom is -0.351 e. The Hall–Kier alpha value is -2.34. The second-order valence-electron chi connectivity index (χ2n) is 5.23. The molecule has 128 valence electrons. The van der Waals surface area contributed by atoms with Crippen molar-refractivity contribution >= 4 is 5.91 Å². The van der Waals surface area contributed by atoms with Crippen LogP contribution in [-0.4, -0.2) is 25.5 Å². The SMILES string of the molecule is CCNCCNC(=O)c1ccccc1-c1ccc(C(F)(F)F)cc1. The topological polar surface area (TPSA) is 41.1 Å². The van der Waals surface area contributed by atoms with Crippen molar-refractivity contribution in [3.8, 4) is 11.1 Å². The lowest BCUT2D eigenvalue weighted by molar-refractivity contribution is -0.137. The maximum atomic E-state index is 12.7. The average molecular weight is 336 g/mol. The van der Waals surface area contributed by atoms with Gasteiger partial charge < -0.3 is 10.6 Å². The lowest BCUT2D eigenvalue weighted by atomic mass is 9.98. The van der Waals surface area contributed by atoms with E-state index < -0.39 is 11.7 Å². The highest BCUT2D eigenvalue weighted by atomic mass is 19.4. The monoisotopic (exact) mass is 336 g/mol. The van der Waals surface area contributed by atoms with Crippen LogP contribution in [0.15, 0.2) is 48.5 Å². The zero-order valence-electron chi connectivity index (χ0n) is 13.3. The van der Waals surface area contributed by atoms with E-state index in [4.69, 9.17) is 0 Å². The number of carbonyl (C=O) groups excluding carboxylic acids is 1. The van der Waals surface area contributed by atoms with Gasteiger partial charge in [-0.25, -0.2) is 0 Å². The first-order valence-electron chi connectivity index (χ1n) is 7.69. The summed E-state index contributed by atoms with van der Waals surface area (Å²) in [6.07, 6.45) is -4.37. The molecule has 24 heavy (non-hydrogen) atoms. The van der Waals surface area contributed by atoms with Gasteiger partial charge >= 0.3 is 6.18 Å². The van der Waals surface area contributed by atoms with Gasteiger partial charge in [-0.05, 0) is 35.9 Å². The summed E-state index contributed by atoms with van der Waals surface area (Å²) < 4.78 is 38.0. The molecule has 0 bridgehead atoms.